The zero-order valence-corrected chi connectivity index (χ0v) is 17.5. The highest BCUT2D eigenvalue weighted by atomic mass is 35.5. The van der Waals surface area contributed by atoms with Crippen molar-refractivity contribution in [1.82, 2.24) is 25.4 Å². The molecule has 0 aliphatic rings. The minimum absolute atomic E-state index is 0.0246. The van der Waals surface area contributed by atoms with E-state index in [1.54, 1.807) is 19.1 Å². The number of rotatable bonds is 6. The van der Waals surface area contributed by atoms with Gasteiger partial charge in [0.2, 0.25) is 5.91 Å². The number of aryl methyl sites for hydroxylation is 1. The molecule has 7 nitrogen and oxygen atoms in total. The Morgan fingerprint density at radius 1 is 1.07 bits per heavy atom. The van der Waals surface area contributed by atoms with Crippen LogP contribution in [0.2, 0.25) is 5.02 Å². The van der Waals surface area contributed by atoms with Crippen molar-refractivity contribution in [3.05, 3.63) is 59.1 Å². The minimum Gasteiger partial charge on any atom is -0.338 e. The number of amides is 3. The van der Waals surface area contributed by atoms with Gasteiger partial charge in [-0.1, -0.05) is 53.2 Å². The van der Waals surface area contributed by atoms with Crippen LogP contribution in [0.1, 0.15) is 12.5 Å². The van der Waals surface area contributed by atoms with Crippen LogP contribution in [0.25, 0.3) is 17.1 Å². The summed E-state index contributed by atoms with van der Waals surface area (Å²) in [6, 6.07) is 14.7. The number of hydrogen-bond acceptors (Lipinski definition) is 5. The summed E-state index contributed by atoms with van der Waals surface area (Å²) in [6.07, 6.45) is 0. The van der Waals surface area contributed by atoms with E-state index < -0.39 is 11.9 Å². The number of benzene rings is 2. The molecule has 0 fully saturated rings. The first kappa shape index (κ1) is 20.9. The molecule has 3 aromatic rings. The van der Waals surface area contributed by atoms with Gasteiger partial charge in [0.1, 0.15) is 0 Å². The fourth-order valence-corrected chi connectivity index (χ4v) is 3.45. The third-order valence-corrected chi connectivity index (χ3v) is 5.13. The topological polar surface area (TPSA) is 88.9 Å². The van der Waals surface area contributed by atoms with Crippen LogP contribution in [-0.4, -0.2) is 39.0 Å². The average molecular weight is 430 g/mol. The summed E-state index contributed by atoms with van der Waals surface area (Å²) in [5.74, 6) is 0.263. The minimum atomic E-state index is -0.516. The molecule has 3 rings (SSSR count). The van der Waals surface area contributed by atoms with Crippen LogP contribution < -0.4 is 10.6 Å². The van der Waals surface area contributed by atoms with Crippen molar-refractivity contribution in [3.8, 4) is 17.1 Å². The third kappa shape index (κ3) is 5.36. The fraction of sp³-hybridized carbons (Fsp3) is 0.200. The Hall–Kier alpha value is -2.84. The van der Waals surface area contributed by atoms with Gasteiger partial charge in [-0.2, -0.15) is 0 Å². The van der Waals surface area contributed by atoms with Crippen LogP contribution in [0.15, 0.2) is 53.7 Å². The molecule has 2 aromatic carbocycles. The molecule has 9 heteroatoms. The molecule has 0 saturated carbocycles. The van der Waals surface area contributed by atoms with Gasteiger partial charge in [-0.3, -0.25) is 14.7 Å². The molecular formula is C20H20ClN5O2S. The van der Waals surface area contributed by atoms with Gasteiger partial charge < -0.3 is 5.32 Å². The quantitative estimate of drug-likeness (QED) is 0.581. The number of urea groups is 1. The molecule has 0 atom stereocenters. The van der Waals surface area contributed by atoms with E-state index >= 15 is 0 Å². The van der Waals surface area contributed by atoms with Crippen LogP contribution in [0.4, 0.5) is 4.79 Å². The monoisotopic (exact) mass is 429 g/mol. The van der Waals surface area contributed by atoms with E-state index in [9.17, 15) is 9.59 Å². The number of nitrogens with one attached hydrogen (secondary N) is 2. The average Bonchev–Trinajstić information content (AvgIpc) is 3.11. The van der Waals surface area contributed by atoms with Crippen molar-refractivity contribution in [2.24, 2.45) is 0 Å². The predicted octanol–water partition coefficient (Wildman–Crippen LogP) is 3.83. The molecule has 0 saturated heterocycles. The lowest BCUT2D eigenvalue weighted by Gasteiger charge is -2.11. The third-order valence-electron chi connectivity index (χ3n) is 3.95. The number of carbonyl (C=O) groups excluding carboxylic acids is 2. The second-order valence-corrected chi connectivity index (χ2v) is 7.56. The second kappa shape index (κ2) is 9.58. The van der Waals surface area contributed by atoms with Crippen molar-refractivity contribution >= 4 is 35.3 Å². The number of thioether (sulfide) groups is 1. The molecule has 0 aliphatic heterocycles. The zero-order valence-electron chi connectivity index (χ0n) is 16.0. The number of halogens is 1. The number of aromatic nitrogens is 3. The molecule has 1 aromatic heterocycles. The molecule has 0 radical (unpaired) electrons. The van der Waals surface area contributed by atoms with Gasteiger partial charge in [0, 0.05) is 22.8 Å². The van der Waals surface area contributed by atoms with Gasteiger partial charge in [0.15, 0.2) is 11.0 Å². The van der Waals surface area contributed by atoms with E-state index in [-0.39, 0.29) is 5.75 Å². The van der Waals surface area contributed by atoms with Crippen molar-refractivity contribution in [2.45, 2.75) is 19.0 Å². The van der Waals surface area contributed by atoms with Crippen molar-refractivity contribution < 1.29 is 9.59 Å². The number of nitrogens with zero attached hydrogens (tertiary/aromatic N) is 3. The van der Waals surface area contributed by atoms with Crippen LogP contribution in [0, 0.1) is 6.92 Å². The van der Waals surface area contributed by atoms with Crippen LogP contribution >= 0.6 is 23.4 Å². The number of hydrogen-bond donors (Lipinski definition) is 2. The lowest BCUT2D eigenvalue weighted by atomic mass is 10.1. The van der Waals surface area contributed by atoms with E-state index in [0.29, 0.717) is 22.5 Å². The summed E-state index contributed by atoms with van der Waals surface area (Å²) in [5, 5.41) is 14.5. The molecule has 2 N–H and O–H groups in total. The van der Waals surface area contributed by atoms with Crippen LogP contribution in [0.5, 0.6) is 0 Å². The zero-order chi connectivity index (χ0) is 20.8. The lowest BCUT2D eigenvalue weighted by Crippen LogP contribution is -2.40. The van der Waals surface area contributed by atoms with E-state index in [4.69, 9.17) is 11.6 Å². The Bertz CT molecular complexity index is 1000. The fourth-order valence-electron chi connectivity index (χ4n) is 2.57. The van der Waals surface area contributed by atoms with Crippen molar-refractivity contribution in [1.29, 1.82) is 0 Å². The maximum atomic E-state index is 12.0. The molecule has 0 bridgehead atoms. The van der Waals surface area contributed by atoms with E-state index in [0.717, 1.165) is 16.8 Å². The first-order valence-corrected chi connectivity index (χ1v) is 10.3. The summed E-state index contributed by atoms with van der Waals surface area (Å²) in [5.41, 5.74) is 2.86. The number of carbonyl (C=O) groups is 2. The molecule has 29 heavy (non-hydrogen) atoms. The van der Waals surface area contributed by atoms with Gasteiger partial charge in [-0.05, 0) is 38.1 Å². The smallest absolute Gasteiger partial charge is 0.321 e. The highest BCUT2D eigenvalue weighted by Gasteiger charge is 2.18. The standard InChI is InChI=1S/C20H20ClN5O2S/c1-3-22-19(28)23-17(27)12-29-20-25-24-18(14-6-4-13(2)5-7-14)26(20)16-10-8-15(21)9-11-16/h4-11H,3,12H2,1-2H3,(H2,22,23,27,28). The Morgan fingerprint density at radius 3 is 2.41 bits per heavy atom. The summed E-state index contributed by atoms with van der Waals surface area (Å²) in [7, 11) is 0. The Labute approximate surface area is 177 Å². The van der Waals surface area contributed by atoms with Gasteiger partial charge >= 0.3 is 6.03 Å². The van der Waals surface area contributed by atoms with Crippen LogP contribution in [0.3, 0.4) is 0 Å². The molecule has 0 aliphatic carbocycles. The maximum absolute atomic E-state index is 12.0. The van der Waals surface area contributed by atoms with Gasteiger partial charge in [-0.15, -0.1) is 10.2 Å². The molecule has 0 unspecified atom stereocenters. The summed E-state index contributed by atoms with van der Waals surface area (Å²) in [4.78, 5) is 23.5. The highest BCUT2D eigenvalue weighted by Crippen LogP contribution is 2.28. The van der Waals surface area contributed by atoms with Gasteiger partial charge in [-0.25, -0.2) is 4.79 Å². The van der Waals surface area contributed by atoms with Gasteiger partial charge in [0.25, 0.3) is 0 Å². The predicted molar refractivity (Wildman–Crippen MR) is 114 cm³/mol. The van der Waals surface area contributed by atoms with Gasteiger partial charge in [0.05, 0.1) is 5.75 Å². The SMILES string of the molecule is CCNC(=O)NC(=O)CSc1nnc(-c2ccc(C)cc2)n1-c1ccc(Cl)cc1. The molecule has 150 valence electrons. The Balaban J connectivity index is 1.89. The molecular weight excluding hydrogens is 410 g/mol. The van der Waals surface area contributed by atoms with E-state index in [1.165, 1.54) is 11.8 Å². The van der Waals surface area contributed by atoms with E-state index in [1.807, 2.05) is 47.9 Å². The van der Waals surface area contributed by atoms with Crippen molar-refractivity contribution in [2.75, 3.05) is 12.3 Å². The van der Waals surface area contributed by atoms with Crippen LogP contribution in [-0.2, 0) is 4.79 Å². The summed E-state index contributed by atoms with van der Waals surface area (Å²) < 4.78 is 1.87. The second-order valence-electron chi connectivity index (χ2n) is 6.18. The van der Waals surface area contributed by atoms with Crippen molar-refractivity contribution in [3.63, 3.8) is 0 Å². The number of imide groups is 1. The molecule has 1 heterocycles. The first-order valence-electron chi connectivity index (χ1n) is 8.97. The molecule has 3 amide bonds. The maximum Gasteiger partial charge on any atom is 0.321 e. The largest absolute Gasteiger partial charge is 0.338 e. The lowest BCUT2D eigenvalue weighted by molar-refractivity contribution is -0.117. The van der Waals surface area contributed by atoms with E-state index in [2.05, 4.69) is 20.8 Å². The summed E-state index contributed by atoms with van der Waals surface area (Å²) >= 11 is 7.22. The Kier molecular flexibility index (Phi) is 6.90. The Morgan fingerprint density at radius 2 is 1.76 bits per heavy atom. The highest BCUT2D eigenvalue weighted by molar-refractivity contribution is 7.99. The molecule has 0 spiro atoms. The summed E-state index contributed by atoms with van der Waals surface area (Å²) in [6.45, 7) is 4.24. The normalized spacial score (nSPS) is 10.6. The first-order chi connectivity index (χ1) is 14.0.